The molecular formula is C9H16N2O. The summed E-state index contributed by atoms with van der Waals surface area (Å²) in [6, 6.07) is 0. The molecule has 1 aromatic heterocycles. The fraction of sp³-hybridized carbons (Fsp3) is 0.667. The Kier molecular flexibility index (Phi) is 2.52. The summed E-state index contributed by atoms with van der Waals surface area (Å²) >= 11 is 0. The molecule has 1 rings (SSSR count). The topological polar surface area (TPSA) is 38.0 Å². The summed E-state index contributed by atoms with van der Waals surface area (Å²) in [6.45, 7) is 6.19. The number of rotatable bonds is 3. The van der Waals surface area contributed by atoms with Gasteiger partial charge in [0.25, 0.3) is 0 Å². The number of nitrogens with zero attached hydrogens (tertiary/aromatic N) is 2. The second kappa shape index (κ2) is 3.27. The van der Waals surface area contributed by atoms with E-state index in [4.69, 9.17) is 0 Å². The smallest absolute Gasteiger partial charge is 0.0786 e. The lowest BCUT2D eigenvalue weighted by molar-refractivity contribution is 0.0577. The van der Waals surface area contributed by atoms with Crippen LogP contribution >= 0.6 is 0 Å². The largest absolute Gasteiger partial charge is 0.389 e. The number of hydrogen-bond donors (Lipinski definition) is 1. The predicted octanol–water partition coefficient (Wildman–Crippen LogP) is 1.22. The number of hydrogen-bond acceptors (Lipinski definition) is 2. The Morgan fingerprint density at radius 1 is 1.58 bits per heavy atom. The molecule has 0 saturated carbocycles. The summed E-state index contributed by atoms with van der Waals surface area (Å²) in [5, 5.41) is 13.6. The molecule has 0 aliphatic rings. The standard InChI is InChI=1S/C9H16N2O/c1-4-8-5-10-11(6-8)7-9(2,3)12/h5-6,12H,4,7H2,1-3H3. The highest BCUT2D eigenvalue weighted by molar-refractivity contribution is 5.03. The molecule has 0 radical (unpaired) electrons. The van der Waals surface area contributed by atoms with E-state index in [1.807, 2.05) is 12.4 Å². The first kappa shape index (κ1) is 9.26. The van der Waals surface area contributed by atoms with E-state index in [1.165, 1.54) is 5.56 Å². The molecule has 0 aromatic carbocycles. The molecule has 1 aromatic rings. The van der Waals surface area contributed by atoms with Crippen molar-refractivity contribution in [3.8, 4) is 0 Å². The van der Waals surface area contributed by atoms with E-state index in [9.17, 15) is 5.11 Å². The van der Waals surface area contributed by atoms with Gasteiger partial charge in [-0.05, 0) is 25.8 Å². The average Bonchev–Trinajstić information content (AvgIpc) is 2.32. The van der Waals surface area contributed by atoms with Crippen LogP contribution in [0, 0.1) is 0 Å². The Labute approximate surface area is 73.0 Å². The molecule has 0 atom stereocenters. The second-order valence-electron chi connectivity index (χ2n) is 3.71. The molecule has 1 N–H and O–H groups in total. The first-order valence-electron chi connectivity index (χ1n) is 4.25. The minimum absolute atomic E-state index is 0.549. The molecule has 1 heterocycles. The minimum atomic E-state index is -0.684. The van der Waals surface area contributed by atoms with E-state index in [-0.39, 0.29) is 0 Å². The Morgan fingerprint density at radius 3 is 2.67 bits per heavy atom. The predicted molar refractivity (Wildman–Crippen MR) is 47.9 cm³/mol. The van der Waals surface area contributed by atoms with Gasteiger partial charge in [-0.15, -0.1) is 0 Å². The van der Waals surface area contributed by atoms with Gasteiger partial charge in [0.05, 0.1) is 18.3 Å². The molecule has 3 heteroatoms. The van der Waals surface area contributed by atoms with Crippen LogP contribution in [0.2, 0.25) is 0 Å². The van der Waals surface area contributed by atoms with Crippen LogP contribution in [-0.4, -0.2) is 20.5 Å². The van der Waals surface area contributed by atoms with Gasteiger partial charge in [-0.25, -0.2) is 0 Å². The van der Waals surface area contributed by atoms with Crippen molar-refractivity contribution >= 4 is 0 Å². The summed E-state index contributed by atoms with van der Waals surface area (Å²) in [4.78, 5) is 0. The summed E-state index contributed by atoms with van der Waals surface area (Å²) < 4.78 is 1.78. The summed E-state index contributed by atoms with van der Waals surface area (Å²) in [5.74, 6) is 0. The van der Waals surface area contributed by atoms with Gasteiger partial charge in [-0.2, -0.15) is 5.10 Å². The van der Waals surface area contributed by atoms with E-state index in [2.05, 4.69) is 12.0 Å². The van der Waals surface area contributed by atoms with Crippen LogP contribution in [0.25, 0.3) is 0 Å². The van der Waals surface area contributed by atoms with Crippen molar-refractivity contribution < 1.29 is 5.11 Å². The molecule has 0 bridgehead atoms. The molecule has 0 fully saturated rings. The van der Waals surface area contributed by atoms with Gasteiger partial charge in [0.2, 0.25) is 0 Å². The van der Waals surface area contributed by atoms with Crippen molar-refractivity contribution in [3.05, 3.63) is 18.0 Å². The van der Waals surface area contributed by atoms with Crippen LogP contribution in [0.1, 0.15) is 26.3 Å². The van der Waals surface area contributed by atoms with Crippen LogP contribution < -0.4 is 0 Å². The number of aliphatic hydroxyl groups is 1. The highest BCUT2D eigenvalue weighted by Crippen LogP contribution is 2.06. The molecular weight excluding hydrogens is 152 g/mol. The van der Waals surface area contributed by atoms with Gasteiger partial charge >= 0.3 is 0 Å². The van der Waals surface area contributed by atoms with E-state index >= 15 is 0 Å². The molecule has 12 heavy (non-hydrogen) atoms. The lowest BCUT2D eigenvalue weighted by Gasteiger charge is -2.16. The molecule has 0 unspecified atom stereocenters. The first-order chi connectivity index (χ1) is 5.51. The number of aromatic nitrogens is 2. The van der Waals surface area contributed by atoms with Gasteiger partial charge in [0.1, 0.15) is 0 Å². The Morgan fingerprint density at radius 2 is 2.25 bits per heavy atom. The van der Waals surface area contributed by atoms with Crippen LogP contribution in [-0.2, 0) is 13.0 Å². The molecule has 0 saturated heterocycles. The van der Waals surface area contributed by atoms with Gasteiger partial charge in [0, 0.05) is 6.20 Å². The van der Waals surface area contributed by atoms with E-state index in [1.54, 1.807) is 18.5 Å². The maximum Gasteiger partial charge on any atom is 0.0786 e. The zero-order valence-corrected chi connectivity index (χ0v) is 7.91. The van der Waals surface area contributed by atoms with Crippen molar-refractivity contribution in [2.75, 3.05) is 0 Å². The maximum atomic E-state index is 9.49. The lowest BCUT2D eigenvalue weighted by atomic mass is 10.1. The monoisotopic (exact) mass is 168 g/mol. The van der Waals surface area contributed by atoms with Crippen molar-refractivity contribution in [3.63, 3.8) is 0 Å². The third kappa shape index (κ3) is 2.66. The summed E-state index contributed by atoms with van der Waals surface area (Å²) in [5.41, 5.74) is 0.524. The first-order valence-corrected chi connectivity index (χ1v) is 4.25. The molecule has 0 spiro atoms. The fourth-order valence-corrected chi connectivity index (χ4v) is 1.07. The Balaban J connectivity index is 2.64. The SMILES string of the molecule is CCc1cnn(CC(C)(C)O)c1. The number of aryl methyl sites for hydroxylation is 1. The normalized spacial score (nSPS) is 12.0. The van der Waals surface area contributed by atoms with Crippen molar-refractivity contribution in [2.45, 2.75) is 39.3 Å². The van der Waals surface area contributed by atoms with E-state index in [0.29, 0.717) is 6.54 Å². The van der Waals surface area contributed by atoms with E-state index < -0.39 is 5.60 Å². The third-order valence-electron chi connectivity index (χ3n) is 1.64. The van der Waals surface area contributed by atoms with Gasteiger partial charge in [-0.3, -0.25) is 4.68 Å². The van der Waals surface area contributed by atoms with Gasteiger partial charge in [-0.1, -0.05) is 6.92 Å². The minimum Gasteiger partial charge on any atom is -0.389 e. The van der Waals surface area contributed by atoms with Crippen LogP contribution in [0.5, 0.6) is 0 Å². The molecule has 0 aliphatic carbocycles. The third-order valence-corrected chi connectivity index (χ3v) is 1.64. The van der Waals surface area contributed by atoms with Crippen LogP contribution in [0.15, 0.2) is 12.4 Å². The fourth-order valence-electron chi connectivity index (χ4n) is 1.07. The highest BCUT2D eigenvalue weighted by atomic mass is 16.3. The molecule has 0 aliphatic heterocycles. The summed E-state index contributed by atoms with van der Waals surface area (Å²) in [6.07, 6.45) is 4.80. The van der Waals surface area contributed by atoms with Crippen molar-refractivity contribution in [2.24, 2.45) is 0 Å². The summed E-state index contributed by atoms with van der Waals surface area (Å²) in [7, 11) is 0. The van der Waals surface area contributed by atoms with E-state index in [0.717, 1.165) is 6.42 Å². The van der Waals surface area contributed by atoms with Crippen LogP contribution in [0.4, 0.5) is 0 Å². The van der Waals surface area contributed by atoms with Crippen molar-refractivity contribution in [1.82, 2.24) is 9.78 Å². The zero-order valence-electron chi connectivity index (χ0n) is 7.91. The zero-order chi connectivity index (χ0) is 9.19. The lowest BCUT2D eigenvalue weighted by Crippen LogP contribution is -2.26. The second-order valence-corrected chi connectivity index (χ2v) is 3.71. The highest BCUT2D eigenvalue weighted by Gasteiger charge is 2.13. The molecule has 0 amide bonds. The maximum absolute atomic E-state index is 9.49. The van der Waals surface area contributed by atoms with Crippen LogP contribution in [0.3, 0.4) is 0 Å². The van der Waals surface area contributed by atoms with Crippen molar-refractivity contribution in [1.29, 1.82) is 0 Å². The molecule has 3 nitrogen and oxygen atoms in total. The molecule has 68 valence electrons. The van der Waals surface area contributed by atoms with Gasteiger partial charge in [0.15, 0.2) is 0 Å². The van der Waals surface area contributed by atoms with Gasteiger partial charge < -0.3 is 5.11 Å². The quantitative estimate of drug-likeness (QED) is 0.736. The average molecular weight is 168 g/mol. The Bertz CT molecular complexity index is 247. The Hall–Kier alpha value is -0.830.